The fourth-order valence-electron chi connectivity index (χ4n) is 1.71. The number of nitrogens with zero attached hydrogens (tertiary/aromatic N) is 1. The summed E-state index contributed by atoms with van der Waals surface area (Å²) >= 11 is 6.02. The first-order valence-corrected chi connectivity index (χ1v) is 7.16. The molecule has 124 valence electrons. The lowest BCUT2D eigenvalue weighted by atomic mass is 10.2. The number of carbonyl (C=O) groups is 2. The van der Waals surface area contributed by atoms with Gasteiger partial charge in [-0.25, -0.2) is 5.43 Å². The van der Waals surface area contributed by atoms with Gasteiger partial charge in [0.15, 0.2) is 6.61 Å². The van der Waals surface area contributed by atoms with Gasteiger partial charge in [-0.2, -0.15) is 5.10 Å². The van der Waals surface area contributed by atoms with Gasteiger partial charge in [0.05, 0.1) is 11.2 Å². The summed E-state index contributed by atoms with van der Waals surface area (Å²) in [6.45, 7) is -0.268. The molecule has 0 fully saturated rings. The van der Waals surface area contributed by atoms with Crippen LogP contribution < -0.4 is 15.9 Å². The van der Waals surface area contributed by atoms with Crippen LogP contribution in [0.2, 0.25) is 5.02 Å². The predicted molar refractivity (Wildman–Crippen MR) is 89.3 cm³/mol. The Morgan fingerprint density at radius 1 is 1.25 bits per heavy atom. The van der Waals surface area contributed by atoms with Crippen LogP contribution in [0.15, 0.2) is 47.6 Å². The lowest BCUT2D eigenvalue weighted by Gasteiger charge is -2.06. The number of hydrogen-bond donors (Lipinski definition) is 3. The van der Waals surface area contributed by atoms with Gasteiger partial charge in [0.25, 0.3) is 11.8 Å². The molecule has 0 aliphatic carbocycles. The molecule has 0 unspecified atom stereocenters. The van der Waals surface area contributed by atoms with Crippen molar-refractivity contribution in [3.63, 3.8) is 0 Å². The standard InChI is InChI=1S/C16H14ClN3O4/c17-13-7-10(1-6-14(13)24-9-15(18)22)8-19-20-16(23)11-2-4-12(21)5-3-11/h1-8,21H,9H2,(H2,18,22)(H,20,23). The topological polar surface area (TPSA) is 114 Å². The number of nitrogens with two attached hydrogens (primary N) is 1. The van der Waals surface area contributed by atoms with E-state index in [2.05, 4.69) is 10.5 Å². The Morgan fingerprint density at radius 3 is 2.58 bits per heavy atom. The van der Waals surface area contributed by atoms with Gasteiger partial charge < -0.3 is 15.6 Å². The first-order chi connectivity index (χ1) is 11.5. The van der Waals surface area contributed by atoms with Gasteiger partial charge in [-0.15, -0.1) is 0 Å². The molecule has 0 aliphatic heterocycles. The molecule has 0 saturated carbocycles. The highest BCUT2D eigenvalue weighted by Crippen LogP contribution is 2.24. The van der Waals surface area contributed by atoms with Crippen molar-refractivity contribution in [3.05, 3.63) is 58.6 Å². The van der Waals surface area contributed by atoms with E-state index in [0.29, 0.717) is 16.9 Å². The molecule has 7 nitrogen and oxygen atoms in total. The number of phenolic OH excluding ortho intramolecular Hbond substituents is 1. The van der Waals surface area contributed by atoms with Crippen molar-refractivity contribution in [3.8, 4) is 11.5 Å². The lowest BCUT2D eigenvalue weighted by molar-refractivity contribution is -0.119. The third-order valence-electron chi connectivity index (χ3n) is 2.84. The summed E-state index contributed by atoms with van der Waals surface area (Å²) in [6.07, 6.45) is 1.40. The van der Waals surface area contributed by atoms with Crippen LogP contribution in [0.3, 0.4) is 0 Å². The zero-order valence-corrected chi connectivity index (χ0v) is 13.2. The van der Waals surface area contributed by atoms with Crippen LogP contribution in [0.25, 0.3) is 0 Å². The molecular formula is C16H14ClN3O4. The van der Waals surface area contributed by atoms with Crippen LogP contribution in [0.5, 0.6) is 11.5 Å². The molecule has 0 radical (unpaired) electrons. The molecule has 2 amide bonds. The van der Waals surface area contributed by atoms with Crippen molar-refractivity contribution in [2.75, 3.05) is 6.61 Å². The number of hydrazone groups is 1. The molecule has 0 atom stereocenters. The molecule has 4 N–H and O–H groups in total. The van der Waals surface area contributed by atoms with Crippen molar-refractivity contribution >= 4 is 29.6 Å². The number of ether oxygens (including phenoxy) is 1. The number of benzene rings is 2. The van der Waals surface area contributed by atoms with Crippen LogP contribution in [0.4, 0.5) is 0 Å². The number of phenols is 1. The average Bonchev–Trinajstić information content (AvgIpc) is 2.54. The van der Waals surface area contributed by atoms with Crippen molar-refractivity contribution in [2.24, 2.45) is 10.8 Å². The van der Waals surface area contributed by atoms with Gasteiger partial charge in [0, 0.05) is 5.56 Å². The predicted octanol–water partition coefficient (Wildman–Crippen LogP) is 1.67. The van der Waals surface area contributed by atoms with E-state index in [1.165, 1.54) is 30.5 Å². The van der Waals surface area contributed by atoms with Crippen molar-refractivity contribution in [1.29, 1.82) is 0 Å². The van der Waals surface area contributed by atoms with Crippen LogP contribution in [0, 0.1) is 0 Å². The minimum atomic E-state index is -0.603. The monoisotopic (exact) mass is 347 g/mol. The van der Waals surface area contributed by atoms with Gasteiger partial charge in [0.1, 0.15) is 11.5 Å². The Kier molecular flexibility index (Phi) is 5.75. The molecule has 8 heteroatoms. The van der Waals surface area contributed by atoms with Crippen LogP contribution in [-0.2, 0) is 4.79 Å². The highest BCUT2D eigenvalue weighted by Gasteiger charge is 2.05. The first-order valence-electron chi connectivity index (χ1n) is 6.79. The summed E-state index contributed by atoms with van der Waals surface area (Å²) in [4.78, 5) is 22.5. The normalized spacial score (nSPS) is 10.5. The summed E-state index contributed by atoms with van der Waals surface area (Å²) in [5, 5.41) is 13.3. The second-order valence-electron chi connectivity index (χ2n) is 4.69. The second-order valence-corrected chi connectivity index (χ2v) is 5.10. The van der Waals surface area contributed by atoms with Crippen molar-refractivity contribution in [2.45, 2.75) is 0 Å². The van der Waals surface area contributed by atoms with Gasteiger partial charge in [-0.05, 0) is 48.0 Å². The zero-order chi connectivity index (χ0) is 17.5. The Labute approximate surface area is 142 Å². The Morgan fingerprint density at radius 2 is 1.96 bits per heavy atom. The molecule has 0 saturated heterocycles. The molecule has 0 bridgehead atoms. The van der Waals surface area contributed by atoms with E-state index in [1.54, 1.807) is 18.2 Å². The summed E-state index contributed by atoms with van der Waals surface area (Å²) in [5.41, 5.74) is 8.32. The van der Waals surface area contributed by atoms with Gasteiger partial charge in [-0.1, -0.05) is 11.6 Å². The third-order valence-corrected chi connectivity index (χ3v) is 3.13. The van der Waals surface area contributed by atoms with E-state index in [1.807, 2.05) is 0 Å². The maximum Gasteiger partial charge on any atom is 0.271 e. The highest BCUT2D eigenvalue weighted by molar-refractivity contribution is 6.32. The minimum Gasteiger partial charge on any atom is -0.508 e. The second kappa shape index (κ2) is 7.98. The molecule has 0 heterocycles. The van der Waals surface area contributed by atoms with Gasteiger partial charge in [0.2, 0.25) is 0 Å². The van der Waals surface area contributed by atoms with Crippen LogP contribution in [0.1, 0.15) is 15.9 Å². The Bertz CT molecular complexity index is 775. The maximum absolute atomic E-state index is 11.8. The first kappa shape index (κ1) is 17.3. The van der Waals surface area contributed by atoms with E-state index in [9.17, 15) is 14.7 Å². The summed E-state index contributed by atoms with van der Waals surface area (Å²) in [5.74, 6) is -0.628. The largest absolute Gasteiger partial charge is 0.508 e. The number of aromatic hydroxyl groups is 1. The van der Waals surface area contributed by atoms with E-state index in [4.69, 9.17) is 22.1 Å². The number of primary amides is 1. The summed E-state index contributed by atoms with van der Waals surface area (Å²) < 4.78 is 5.12. The molecular weight excluding hydrogens is 334 g/mol. The van der Waals surface area contributed by atoms with E-state index in [-0.39, 0.29) is 17.4 Å². The summed E-state index contributed by atoms with van der Waals surface area (Å²) in [7, 11) is 0. The molecule has 0 aromatic heterocycles. The van der Waals surface area contributed by atoms with Gasteiger partial charge in [-0.3, -0.25) is 9.59 Å². The average molecular weight is 348 g/mol. The molecule has 0 aliphatic rings. The maximum atomic E-state index is 11.8. The van der Waals surface area contributed by atoms with E-state index in [0.717, 1.165) is 0 Å². The van der Waals surface area contributed by atoms with Crippen LogP contribution >= 0.6 is 11.6 Å². The van der Waals surface area contributed by atoms with Gasteiger partial charge >= 0.3 is 0 Å². The molecule has 0 spiro atoms. The number of carbonyl (C=O) groups excluding carboxylic acids is 2. The van der Waals surface area contributed by atoms with Crippen molar-refractivity contribution in [1.82, 2.24) is 5.43 Å². The number of rotatable bonds is 6. The Hall–Kier alpha value is -3.06. The van der Waals surface area contributed by atoms with Crippen LogP contribution in [-0.4, -0.2) is 29.7 Å². The molecule has 2 rings (SSSR count). The summed E-state index contributed by atoms with van der Waals surface area (Å²) in [6, 6.07) is 10.5. The number of hydrogen-bond acceptors (Lipinski definition) is 5. The fraction of sp³-hybridized carbons (Fsp3) is 0.0625. The minimum absolute atomic E-state index is 0.0725. The Balaban J connectivity index is 1.96. The molecule has 2 aromatic carbocycles. The number of nitrogens with one attached hydrogen (secondary N) is 1. The lowest BCUT2D eigenvalue weighted by Crippen LogP contribution is -2.20. The highest BCUT2D eigenvalue weighted by atomic mass is 35.5. The zero-order valence-electron chi connectivity index (χ0n) is 12.4. The number of amides is 2. The SMILES string of the molecule is NC(=O)COc1ccc(C=NNC(=O)c2ccc(O)cc2)cc1Cl. The fourth-order valence-corrected chi connectivity index (χ4v) is 1.95. The van der Waals surface area contributed by atoms with E-state index < -0.39 is 11.8 Å². The number of halogens is 1. The van der Waals surface area contributed by atoms with E-state index >= 15 is 0 Å². The molecule has 2 aromatic rings. The third kappa shape index (κ3) is 4.99. The quantitative estimate of drug-likeness (QED) is 0.544. The van der Waals surface area contributed by atoms with Crippen molar-refractivity contribution < 1.29 is 19.4 Å². The molecule has 24 heavy (non-hydrogen) atoms. The smallest absolute Gasteiger partial charge is 0.271 e.